The fourth-order valence-electron chi connectivity index (χ4n) is 2.97. The lowest BCUT2D eigenvalue weighted by atomic mass is 10.1. The summed E-state index contributed by atoms with van der Waals surface area (Å²) in [5.74, 6) is 0.0151. The Labute approximate surface area is 162 Å². The number of hydrogen-bond donors (Lipinski definition) is 1. The highest BCUT2D eigenvalue weighted by Crippen LogP contribution is 2.21. The molecule has 0 amide bonds. The smallest absolute Gasteiger partial charge is 0.269 e. The van der Waals surface area contributed by atoms with Crippen LogP contribution in [0.4, 0.5) is 17.1 Å². The molecule has 7 nitrogen and oxygen atoms in total. The Morgan fingerprint density at radius 3 is 2.37 bits per heavy atom. The van der Waals surface area contributed by atoms with Crippen molar-refractivity contribution in [2.24, 2.45) is 0 Å². The second-order valence-corrected chi connectivity index (χ2v) is 6.70. The number of nitro benzene ring substituents is 1. The molecule has 0 spiro atoms. The second kappa shape index (κ2) is 8.13. The number of ketones is 1. The minimum Gasteiger partial charge on any atom is -0.368 e. The van der Waals surface area contributed by atoms with Crippen molar-refractivity contribution in [2.75, 3.05) is 36.4 Å². The number of anilines is 2. The zero-order valence-corrected chi connectivity index (χ0v) is 15.7. The lowest BCUT2D eigenvalue weighted by molar-refractivity contribution is -0.384. The number of thiocarbonyl (C=S) groups is 1. The molecule has 2 aromatic rings. The Morgan fingerprint density at radius 2 is 1.78 bits per heavy atom. The summed E-state index contributed by atoms with van der Waals surface area (Å²) in [6.07, 6.45) is 0. The van der Waals surface area contributed by atoms with Gasteiger partial charge in [-0.3, -0.25) is 14.9 Å². The zero-order valence-electron chi connectivity index (χ0n) is 14.9. The number of rotatable bonds is 4. The SMILES string of the molecule is CC(=O)c1cccc(NC(=S)N2CCN(c3ccc([N+](=O)[O-])cc3)CC2)c1. The van der Waals surface area contributed by atoms with E-state index in [2.05, 4.69) is 15.1 Å². The predicted molar refractivity (Wildman–Crippen MR) is 110 cm³/mol. The first-order valence-corrected chi connectivity index (χ1v) is 9.01. The summed E-state index contributed by atoms with van der Waals surface area (Å²) in [6.45, 7) is 4.57. The molecule has 27 heavy (non-hydrogen) atoms. The fraction of sp³-hybridized carbons (Fsp3) is 0.263. The van der Waals surface area contributed by atoms with Gasteiger partial charge < -0.3 is 15.1 Å². The number of nitro groups is 1. The molecule has 1 fully saturated rings. The minimum atomic E-state index is -0.396. The van der Waals surface area contributed by atoms with E-state index >= 15 is 0 Å². The molecule has 8 heteroatoms. The molecule has 0 atom stereocenters. The van der Waals surface area contributed by atoms with E-state index in [0.29, 0.717) is 10.7 Å². The van der Waals surface area contributed by atoms with Crippen molar-refractivity contribution in [3.63, 3.8) is 0 Å². The topological polar surface area (TPSA) is 78.7 Å². The van der Waals surface area contributed by atoms with Crippen LogP contribution in [0.1, 0.15) is 17.3 Å². The quantitative estimate of drug-likeness (QED) is 0.375. The van der Waals surface area contributed by atoms with Gasteiger partial charge in [0.2, 0.25) is 0 Å². The van der Waals surface area contributed by atoms with Crippen LogP contribution in [-0.4, -0.2) is 46.9 Å². The molecule has 0 radical (unpaired) electrons. The molecular formula is C19H20N4O3S. The molecule has 3 rings (SSSR count). The van der Waals surface area contributed by atoms with E-state index in [1.54, 1.807) is 24.3 Å². The van der Waals surface area contributed by atoms with Gasteiger partial charge in [0.15, 0.2) is 10.9 Å². The van der Waals surface area contributed by atoms with Gasteiger partial charge >= 0.3 is 0 Å². The number of nitrogens with zero attached hydrogens (tertiary/aromatic N) is 3. The molecule has 1 aliphatic heterocycles. The van der Waals surface area contributed by atoms with Gasteiger partial charge in [-0.05, 0) is 43.4 Å². The van der Waals surface area contributed by atoms with Gasteiger partial charge in [-0.1, -0.05) is 12.1 Å². The number of Topliss-reactive ketones (excluding diaryl/α,β-unsaturated/α-hetero) is 1. The van der Waals surface area contributed by atoms with Crippen LogP contribution in [0.15, 0.2) is 48.5 Å². The summed E-state index contributed by atoms with van der Waals surface area (Å²) in [5, 5.41) is 14.6. The molecule has 0 aromatic heterocycles. The molecule has 1 heterocycles. The summed E-state index contributed by atoms with van der Waals surface area (Å²) < 4.78 is 0. The molecule has 140 valence electrons. The number of carbonyl (C=O) groups excluding carboxylic acids is 1. The first-order valence-electron chi connectivity index (χ1n) is 8.60. The van der Waals surface area contributed by atoms with Crippen molar-refractivity contribution in [1.82, 2.24) is 4.90 Å². The second-order valence-electron chi connectivity index (χ2n) is 6.31. The van der Waals surface area contributed by atoms with Crippen LogP contribution < -0.4 is 10.2 Å². The average Bonchev–Trinajstić information content (AvgIpc) is 2.68. The van der Waals surface area contributed by atoms with Crippen LogP contribution in [0.5, 0.6) is 0 Å². The highest BCUT2D eigenvalue weighted by atomic mass is 32.1. The molecule has 1 saturated heterocycles. The maximum absolute atomic E-state index is 11.5. The predicted octanol–water partition coefficient (Wildman–Crippen LogP) is 3.32. The van der Waals surface area contributed by atoms with Crippen molar-refractivity contribution in [3.8, 4) is 0 Å². The Kier molecular flexibility index (Phi) is 5.66. The van der Waals surface area contributed by atoms with Crippen LogP contribution >= 0.6 is 12.2 Å². The van der Waals surface area contributed by atoms with Gasteiger partial charge in [-0.25, -0.2) is 0 Å². The summed E-state index contributed by atoms with van der Waals surface area (Å²) in [6, 6.07) is 13.9. The number of hydrogen-bond acceptors (Lipinski definition) is 5. The van der Waals surface area contributed by atoms with Gasteiger partial charge in [-0.2, -0.15) is 0 Å². The molecule has 1 aliphatic rings. The van der Waals surface area contributed by atoms with E-state index in [4.69, 9.17) is 12.2 Å². The monoisotopic (exact) mass is 384 g/mol. The van der Waals surface area contributed by atoms with Gasteiger partial charge in [0.1, 0.15) is 0 Å². The number of nitrogens with one attached hydrogen (secondary N) is 1. The Balaban J connectivity index is 1.57. The maximum atomic E-state index is 11.5. The lowest BCUT2D eigenvalue weighted by Crippen LogP contribution is -2.50. The zero-order chi connectivity index (χ0) is 19.4. The van der Waals surface area contributed by atoms with E-state index in [9.17, 15) is 14.9 Å². The third-order valence-electron chi connectivity index (χ3n) is 4.51. The van der Waals surface area contributed by atoms with Crippen LogP contribution in [0.25, 0.3) is 0 Å². The van der Waals surface area contributed by atoms with Crippen molar-refractivity contribution in [2.45, 2.75) is 6.92 Å². The lowest BCUT2D eigenvalue weighted by Gasteiger charge is -2.37. The van der Waals surface area contributed by atoms with E-state index in [-0.39, 0.29) is 11.5 Å². The third-order valence-corrected chi connectivity index (χ3v) is 4.87. The number of benzene rings is 2. The molecule has 2 aromatic carbocycles. The molecule has 0 saturated carbocycles. The summed E-state index contributed by atoms with van der Waals surface area (Å²) in [7, 11) is 0. The van der Waals surface area contributed by atoms with E-state index in [1.165, 1.54) is 19.1 Å². The number of carbonyl (C=O) groups is 1. The molecule has 0 bridgehead atoms. The van der Waals surface area contributed by atoms with Gasteiger partial charge in [0.25, 0.3) is 5.69 Å². The Bertz CT molecular complexity index is 862. The first kappa shape index (κ1) is 18.8. The number of piperazine rings is 1. The van der Waals surface area contributed by atoms with Crippen molar-refractivity contribution in [1.29, 1.82) is 0 Å². The molecule has 0 aliphatic carbocycles. The average molecular weight is 384 g/mol. The van der Waals surface area contributed by atoms with Gasteiger partial charge in [0, 0.05) is 55.2 Å². The van der Waals surface area contributed by atoms with Crippen LogP contribution in [0.3, 0.4) is 0 Å². The highest BCUT2D eigenvalue weighted by molar-refractivity contribution is 7.80. The van der Waals surface area contributed by atoms with Crippen LogP contribution in [-0.2, 0) is 0 Å². The highest BCUT2D eigenvalue weighted by Gasteiger charge is 2.20. The summed E-state index contributed by atoms with van der Waals surface area (Å²) >= 11 is 5.50. The summed E-state index contributed by atoms with van der Waals surface area (Å²) in [4.78, 5) is 26.1. The first-order chi connectivity index (χ1) is 12.9. The third kappa shape index (κ3) is 4.59. The van der Waals surface area contributed by atoms with Crippen molar-refractivity contribution < 1.29 is 9.72 Å². The standard InChI is InChI=1S/C19H20N4O3S/c1-14(24)15-3-2-4-16(13-15)20-19(27)22-11-9-21(10-12-22)17-5-7-18(8-6-17)23(25)26/h2-8,13H,9-12H2,1H3,(H,20,27). The maximum Gasteiger partial charge on any atom is 0.269 e. The van der Waals surface area contributed by atoms with E-state index in [1.807, 2.05) is 12.1 Å². The van der Waals surface area contributed by atoms with E-state index in [0.717, 1.165) is 37.6 Å². The normalized spacial score (nSPS) is 14.0. The van der Waals surface area contributed by atoms with Gasteiger partial charge in [-0.15, -0.1) is 0 Å². The van der Waals surface area contributed by atoms with Crippen molar-refractivity contribution >= 4 is 40.2 Å². The molecule has 0 unspecified atom stereocenters. The minimum absolute atomic E-state index is 0.0151. The largest absolute Gasteiger partial charge is 0.368 e. The fourth-order valence-corrected chi connectivity index (χ4v) is 3.27. The summed E-state index contributed by atoms with van der Waals surface area (Å²) in [5.41, 5.74) is 2.50. The van der Waals surface area contributed by atoms with Gasteiger partial charge in [0.05, 0.1) is 4.92 Å². The molecular weight excluding hydrogens is 364 g/mol. The van der Waals surface area contributed by atoms with Crippen LogP contribution in [0.2, 0.25) is 0 Å². The van der Waals surface area contributed by atoms with Crippen LogP contribution in [0, 0.1) is 10.1 Å². The molecule has 1 N–H and O–H groups in total. The number of non-ortho nitro benzene ring substituents is 1. The van der Waals surface area contributed by atoms with Crippen molar-refractivity contribution in [3.05, 3.63) is 64.2 Å². The van der Waals surface area contributed by atoms with E-state index < -0.39 is 4.92 Å². The Hall–Kier alpha value is -3.00. The Morgan fingerprint density at radius 1 is 1.11 bits per heavy atom.